The van der Waals surface area contributed by atoms with E-state index < -0.39 is 29.4 Å². The van der Waals surface area contributed by atoms with E-state index in [2.05, 4.69) is 0 Å². The van der Waals surface area contributed by atoms with Gasteiger partial charge in [-0.1, -0.05) is 19.6 Å². The Kier molecular flexibility index (Phi) is 5.62. The Morgan fingerprint density at radius 2 is 1.62 bits per heavy atom. The summed E-state index contributed by atoms with van der Waals surface area (Å²) < 4.78 is 0. The van der Waals surface area contributed by atoms with E-state index in [4.69, 9.17) is 5.73 Å². The number of hydrogen-bond donors (Lipinski definition) is 2. The van der Waals surface area contributed by atoms with E-state index in [1.165, 1.54) is 26.0 Å². The van der Waals surface area contributed by atoms with Crippen LogP contribution in [0.3, 0.4) is 0 Å². The first kappa shape index (κ1) is 19.5. The number of carboxylic acid groups (broad SMARTS) is 1. The number of imide groups is 1. The van der Waals surface area contributed by atoms with Crippen LogP contribution in [0.4, 0.5) is 0 Å². The molecule has 0 aromatic heterocycles. The van der Waals surface area contributed by atoms with Crippen molar-refractivity contribution in [3.8, 4) is 0 Å². The SMILES string of the molecule is C.CC(C)(N)C(=O)CCC(C(=O)O)N1C(=O)c2ccccc2C1=O. The predicted molar refractivity (Wildman–Crippen MR) is 87.6 cm³/mol. The van der Waals surface area contributed by atoms with Crippen molar-refractivity contribution in [1.82, 2.24) is 4.90 Å². The van der Waals surface area contributed by atoms with Gasteiger partial charge in [0.25, 0.3) is 11.8 Å². The molecular weight excluding hydrogens is 312 g/mol. The monoisotopic (exact) mass is 334 g/mol. The summed E-state index contributed by atoms with van der Waals surface area (Å²) in [5.74, 6) is -2.97. The second-order valence-electron chi connectivity index (χ2n) is 6.06. The molecule has 0 fully saturated rings. The topological polar surface area (TPSA) is 118 Å². The van der Waals surface area contributed by atoms with Gasteiger partial charge in [-0.3, -0.25) is 19.3 Å². The van der Waals surface area contributed by atoms with E-state index in [0.29, 0.717) is 4.90 Å². The second kappa shape index (κ2) is 6.92. The Bertz CT molecular complexity index is 655. The van der Waals surface area contributed by atoms with Gasteiger partial charge in [-0.2, -0.15) is 0 Å². The van der Waals surface area contributed by atoms with E-state index in [9.17, 15) is 24.3 Å². The van der Waals surface area contributed by atoms with Crippen LogP contribution in [-0.4, -0.2) is 45.2 Å². The van der Waals surface area contributed by atoms with Gasteiger partial charge in [0.1, 0.15) is 6.04 Å². The van der Waals surface area contributed by atoms with Crippen LogP contribution in [0.2, 0.25) is 0 Å². The lowest BCUT2D eigenvalue weighted by molar-refractivity contribution is -0.142. The molecule has 1 aromatic rings. The molecule has 1 atom stereocenters. The number of Topliss-reactive ketones (excluding diaryl/α,β-unsaturated/α-hetero) is 1. The minimum absolute atomic E-state index is 0. The number of nitrogens with two attached hydrogens (primary N) is 1. The first-order chi connectivity index (χ1) is 10.6. The zero-order valence-corrected chi connectivity index (χ0v) is 12.9. The van der Waals surface area contributed by atoms with Crippen LogP contribution in [0.5, 0.6) is 0 Å². The molecule has 1 heterocycles. The number of amides is 2. The molecule has 2 rings (SSSR count). The zero-order valence-electron chi connectivity index (χ0n) is 12.9. The molecule has 130 valence electrons. The fourth-order valence-electron chi connectivity index (χ4n) is 2.44. The lowest BCUT2D eigenvalue weighted by Gasteiger charge is -2.24. The van der Waals surface area contributed by atoms with E-state index in [1.54, 1.807) is 12.1 Å². The van der Waals surface area contributed by atoms with Crippen LogP contribution in [0.25, 0.3) is 0 Å². The molecule has 1 unspecified atom stereocenters. The summed E-state index contributed by atoms with van der Waals surface area (Å²) in [6.07, 6.45) is -0.297. The smallest absolute Gasteiger partial charge is 0.326 e. The highest BCUT2D eigenvalue weighted by Gasteiger charge is 2.43. The van der Waals surface area contributed by atoms with Crippen LogP contribution in [0, 0.1) is 0 Å². The highest BCUT2D eigenvalue weighted by Crippen LogP contribution is 2.26. The maximum absolute atomic E-state index is 12.3. The van der Waals surface area contributed by atoms with Gasteiger partial charge in [-0.05, 0) is 32.4 Å². The molecule has 0 spiro atoms. The fraction of sp³-hybridized carbons (Fsp3) is 0.412. The van der Waals surface area contributed by atoms with Crippen molar-refractivity contribution in [2.24, 2.45) is 5.73 Å². The highest BCUT2D eigenvalue weighted by molar-refractivity contribution is 6.22. The van der Waals surface area contributed by atoms with Crippen molar-refractivity contribution >= 4 is 23.6 Å². The molecule has 24 heavy (non-hydrogen) atoms. The molecule has 0 aliphatic carbocycles. The third-order valence-electron chi connectivity index (χ3n) is 3.79. The van der Waals surface area contributed by atoms with Crippen molar-refractivity contribution in [2.45, 2.75) is 45.7 Å². The molecule has 0 bridgehead atoms. The molecule has 0 radical (unpaired) electrons. The van der Waals surface area contributed by atoms with Crippen molar-refractivity contribution in [3.05, 3.63) is 35.4 Å². The summed E-state index contributed by atoms with van der Waals surface area (Å²) in [4.78, 5) is 48.7. The summed E-state index contributed by atoms with van der Waals surface area (Å²) in [6, 6.07) is 4.76. The van der Waals surface area contributed by atoms with Crippen molar-refractivity contribution in [1.29, 1.82) is 0 Å². The largest absolute Gasteiger partial charge is 0.480 e. The van der Waals surface area contributed by atoms with Crippen molar-refractivity contribution < 1.29 is 24.3 Å². The van der Waals surface area contributed by atoms with E-state index in [1.807, 2.05) is 0 Å². The maximum Gasteiger partial charge on any atom is 0.326 e. The molecule has 1 aliphatic rings. The number of benzene rings is 1. The number of carboxylic acids is 1. The number of hydrogen-bond acceptors (Lipinski definition) is 5. The quantitative estimate of drug-likeness (QED) is 0.760. The predicted octanol–water partition coefficient (Wildman–Crippen LogP) is 1.46. The Balaban J connectivity index is 0.00000288. The first-order valence-electron chi connectivity index (χ1n) is 7.16. The third kappa shape index (κ3) is 3.51. The minimum atomic E-state index is -1.39. The Morgan fingerprint density at radius 1 is 1.17 bits per heavy atom. The van der Waals surface area contributed by atoms with Gasteiger partial charge in [-0.25, -0.2) is 4.79 Å². The molecule has 1 aromatic carbocycles. The number of nitrogens with zero attached hydrogens (tertiary/aromatic N) is 1. The molecule has 0 saturated heterocycles. The van der Waals surface area contributed by atoms with E-state index in [0.717, 1.165) is 0 Å². The Morgan fingerprint density at radius 3 is 2.00 bits per heavy atom. The first-order valence-corrected chi connectivity index (χ1v) is 7.16. The van der Waals surface area contributed by atoms with Gasteiger partial charge in [0.2, 0.25) is 0 Å². The average Bonchev–Trinajstić information content (AvgIpc) is 2.71. The zero-order chi connectivity index (χ0) is 17.4. The standard InChI is InChI=1S/C16H18N2O5.CH4/c1-16(2,17)12(19)8-7-11(15(22)23)18-13(20)9-5-3-4-6-10(9)14(18)21;/h3-6,11H,7-8,17H2,1-2H3,(H,22,23);1H4. The Labute approximate surface area is 140 Å². The number of carbonyl (C=O) groups excluding carboxylic acids is 3. The number of carbonyl (C=O) groups is 4. The molecule has 7 nitrogen and oxygen atoms in total. The lowest BCUT2D eigenvalue weighted by Crippen LogP contribution is -2.47. The molecular formula is C17H22N2O5. The van der Waals surface area contributed by atoms with Gasteiger partial charge in [-0.15, -0.1) is 0 Å². The normalized spacial score (nSPS) is 14.9. The summed E-state index contributed by atoms with van der Waals surface area (Å²) >= 11 is 0. The lowest BCUT2D eigenvalue weighted by atomic mass is 9.95. The van der Waals surface area contributed by atoms with Gasteiger partial charge >= 0.3 is 5.97 Å². The second-order valence-corrected chi connectivity index (χ2v) is 6.06. The van der Waals surface area contributed by atoms with Crippen LogP contribution in [-0.2, 0) is 9.59 Å². The van der Waals surface area contributed by atoms with Gasteiger partial charge in [0.15, 0.2) is 5.78 Å². The van der Waals surface area contributed by atoms with Gasteiger partial charge < -0.3 is 10.8 Å². The van der Waals surface area contributed by atoms with E-state index >= 15 is 0 Å². The van der Waals surface area contributed by atoms with Crippen LogP contribution in [0.1, 0.15) is 54.8 Å². The summed E-state index contributed by atoms with van der Waals surface area (Å²) in [5, 5.41) is 9.38. The fourth-order valence-corrected chi connectivity index (χ4v) is 2.44. The molecule has 1 aliphatic heterocycles. The molecule has 2 amide bonds. The number of ketones is 1. The summed E-state index contributed by atoms with van der Waals surface area (Å²) in [6.45, 7) is 3.04. The van der Waals surface area contributed by atoms with Crippen molar-refractivity contribution in [2.75, 3.05) is 0 Å². The summed E-state index contributed by atoms with van der Waals surface area (Å²) in [5.41, 5.74) is 4.93. The molecule has 3 N–H and O–H groups in total. The molecule has 0 saturated carbocycles. The van der Waals surface area contributed by atoms with Crippen LogP contribution >= 0.6 is 0 Å². The van der Waals surface area contributed by atoms with Crippen LogP contribution in [0.15, 0.2) is 24.3 Å². The average molecular weight is 334 g/mol. The van der Waals surface area contributed by atoms with Gasteiger partial charge in [0, 0.05) is 6.42 Å². The minimum Gasteiger partial charge on any atom is -0.480 e. The third-order valence-corrected chi connectivity index (χ3v) is 3.79. The number of aliphatic carboxylic acids is 1. The number of rotatable bonds is 6. The summed E-state index contributed by atoms with van der Waals surface area (Å²) in [7, 11) is 0. The highest BCUT2D eigenvalue weighted by atomic mass is 16.4. The van der Waals surface area contributed by atoms with E-state index in [-0.39, 0.29) is 37.2 Å². The maximum atomic E-state index is 12.3. The Hall–Kier alpha value is -2.54. The molecule has 7 heteroatoms. The number of fused-ring (bicyclic) bond motifs is 1. The van der Waals surface area contributed by atoms with Gasteiger partial charge in [0.05, 0.1) is 16.7 Å². The van der Waals surface area contributed by atoms with Crippen LogP contribution < -0.4 is 5.73 Å². The van der Waals surface area contributed by atoms with Crippen molar-refractivity contribution in [3.63, 3.8) is 0 Å².